The van der Waals surface area contributed by atoms with Gasteiger partial charge in [0.15, 0.2) is 0 Å². The zero-order valence-electron chi connectivity index (χ0n) is 10.7. The van der Waals surface area contributed by atoms with Crippen LogP contribution >= 0.6 is 0 Å². The summed E-state index contributed by atoms with van der Waals surface area (Å²) in [7, 11) is -3.82. The van der Waals surface area contributed by atoms with Crippen LogP contribution in [0, 0.1) is 0 Å². The van der Waals surface area contributed by atoms with Crippen molar-refractivity contribution in [2.45, 2.75) is 25.3 Å². The minimum atomic E-state index is -3.82. The third-order valence-electron chi connectivity index (χ3n) is 3.33. The second-order valence-corrected chi connectivity index (χ2v) is 6.41. The predicted molar refractivity (Wildman–Crippen MR) is 76.5 cm³/mol. The Kier molecular flexibility index (Phi) is 4.74. The molecule has 1 aromatic carbocycles. The highest BCUT2D eigenvalue weighted by atomic mass is 32.2. The molecule has 1 aliphatic heterocycles. The molecule has 0 spiro atoms. The first-order valence-electron chi connectivity index (χ1n) is 6.47. The number of benzene rings is 1. The normalized spacial score (nSPS) is 20.1. The van der Waals surface area contributed by atoms with E-state index in [2.05, 4.69) is 23.5 Å². The van der Waals surface area contributed by atoms with E-state index in [1.54, 1.807) is 0 Å². The SMILES string of the molecule is O=S(=O)(O)CCCC1CC=C(c2ccccc2)CN1. The number of hydrogen-bond donors (Lipinski definition) is 2. The Morgan fingerprint density at radius 1 is 1.26 bits per heavy atom. The van der Waals surface area contributed by atoms with E-state index < -0.39 is 10.1 Å². The van der Waals surface area contributed by atoms with Crippen LogP contribution in [-0.2, 0) is 10.1 Å². The quantitative estimate of drug-likeness (QED) is 0.811. The Morgan fingerprint density at radius 3 is 2.58 bits per heavy atom. The van der Waals surface area contributed by atoms with Gasteiger partial charge in [-0.05, 0) is 30.4 Å². The Morgan fingerprint density at radius 2 is 2.00 bits per heavy atom. The first kappa shape index (κ1) is 14.2. The molecule has 4 nitrogen and oxygen atoms in total. The van der Waals surface area contributed by atoms with Gasteiger partial charge in [-0.2, -0.15) is 8.42 Å². The van der Waals surface area contributed by atoms with Gasteiger partial charge >= 0.3 is 0 Å². The van der Waals surface area contributed by atoms with Crippen molar-refractivity contribution in [1.82, 2.24) is 5.32 Å². The van der Waals surface area contributed by atoms with Gasteiger partial charge in [-0.25, -0.2) is 0 Å². The van der Waals surface area contributed by atoms with Crippen molar-refractivity contribution in [3.05, 3.63) is 42.0 Å². The summed E-state index contributed by atoms with van der Waals surface area (Å²) in [5.74, 6) is -0.152. The van der Waals surface area contributed by atoms with Crippen LogP contribution in [0.4, 0.5) is 0 Å². The molecule has 1 aliphatic rings. The topological polar surface area (TPSA) is 66.4 Å². The van der Waals surface area contributed by atoms with Crippen LogP contribution in [0.25, 0.3) is 5.57 Å². The molecule has 0 bridgehead atoms. The maximum atomic E-state index is 10.6. The molecule has 0 saturated heterocycles. The zero-order chi connectivity index (χ0) is 13.7. The van der Waals surface area contributed by atoms with Crippen molar-refractivity contribution in [2.75, 3.05) is 12.3 Å². The van der Waals surface area contributed by atoms with E-state index in [9.17, 15) is 8.42 Å². The fourth-order valence-corrected chi connectivity index (χ4v) is 2.83. The lowest BCUT2D eigenvalue weighted by Crippen LogP contribution is -2.33. The molecule has 1 aromatic rings. The first-order valence-corrected chi connectivity index (χ1v) is 8.08. The fourth-order valence-electron chi connectivity index (χ4n) is 2.30. The highest BCUT2D eigenvalue weighted by Crippen LogP contribution is 2.19. The molecular weight excluding hydrogens is 262 g/mol. The Balaban J connectivity index is 1.83. The fraction of sp³-hybridized carbons (Fsp3) is 0.429. The Labute approximate surface area is 114 Å². The number of rotatable bonds is 5. The third-order valence-corrected chi connectivity index (χ3v) is 4.13. The lowest BCUT2D eigenvalue weighted by atomic mass is 9.97. The van der Waals surface area contributed by atoms with E-state index in [1.165, 1.54) is 11.1 Å². The van der Waals surface area contributed by atoms with Gasteiger partial charge in [0.25, 0.3) is 10.1 Å². The summed E-state index contributed by atoms with van der Waals surface area (Å²) in [6, 6.07) is 10.5. The second-order valence-electron chi connectivity index (χ2n) is 4.84. The summed E-state index contributed by atoms with van der Waals surface area (Å²) in [4.78, 5) is 0. The van der Waals surface area contributed by atoms with E-state index in [0.29, 0.717) is 12.5 Å². The molecule has 2 N–H and O–H groups in total. The Hall–Kier alpha value is -1.17. The van der Waals surface area contributed by atoms with Gasteiger partial charge in [-0.1, -0.05) is 36.4 Å². The molecule has 1 unspecified atom stereocenters. The van der Waals surface area contributed by atoms with E-state index in [0.717, 1.165) is 19.4 Å². The first-order chi connectivity index (χ1) is 9.04. The van der Waals surface area contributed by atoms with Gasteiger partial charge in [0.05, 0.1) is 5.75 Å². The molecule has 0 radical (unpaired) electrons. The monoisotopic (exact) mass is 281 g/mol. The molecule has 1 atom stereocenters. The largest absolute Gasteiger partial charge is 0.310 e. The maximum absolute atomic E-state index is 10.6. The summed E-state index contributed by atoms with van der Waals surface area (Å²) in [6.45, 7) is 0.806. The molecule has 1 heterocycles. The molecule has 19 heavy (non-hydrogen) atoms. The lowest BCUT2D eigenvalue weighted by Gasteiger charge is -2.23. The van der Waals surface area contributed by atoms with E-state index in [4.69, 9.17) is 4.55 Å². The Bertz CT molecular complexity index is 537. The number of nitrogens with one attached hydrogen (secondary N) is 1. The average Bonchev–Trinajstić information content (AvgIpc) is 2.39. The van der Waals surface area contributed by atoms with E-state index >= 15 is 0 Å². The van der Waals surface area contributed by atoms with Gasteiger partial charge in [0.2, 0.25) is 0 Å². The zero-order valence-corrected chi connectivity index (χ0v) is 11.6. The highest BCUT2D eigenvalue weighted by molar-refractivity contribution is 7.85. The van der Waals surface area contributed by atoms with Crippen LogP contribution in [0.5, 0.6) is 0 Å². The summed E-state index contributed by atoms with van der Waals surface area (Å²) in [5.41, 5.74) is 2.51. The minimum absolute atomic E-state index is 0.152. The van der Waals surface area contributed by atoms with Gasteiger partial charge in [0.1, 0.15) is 0 Å². The van der Waals surface area contributed by atoms with Crippen LogP contribution in [0.2, 0.25) is 0 Å². The van der Waals surface area contributed by atoms with Crippen molar-refractivity contribution in [2.24, 2.45) is 0 Å². The van der Waals surface area contributed by atoms with Crippen molar-refractivity contribution in [3.63, 3.8) is 0 Å². The molecule has 0 aromatic heterocycles. The molecule has 0 amide bonds. The summed E-state index contributed by atoms with van der Waals surface area (Å²) in [5, 5.41) is 3.41. The highest BCUT2D eigenvalue weighted by Gasteiger charge is 2.15. The third kappa shape index (κ3) is 4.78. The van der Waals surface area contributed by atoms with E-state index in [-0.39, 0.29) is 5.75 Å². The number of hydrogen-bond acceptors (Lipinski definition) is 3. The average molecular weight is 281 g/mol. The van der Waals surface area contributed by atoms with Crippen molar-refractivity contribution in [1.29, 1.82) is 0 Å². The van der Waals surface area contributed by atoms with Crippen LogP contribution in [0.1, 0.15) is 24.8 Å². The molecule has 0 saturated carbocycles. The smallest absolute Gasteiger partial charge is 0.264 e. The van der Waals surface area contributed by atoms with E-state index in [1.807, 2.05) is 18.2 Å². The molecule has 0 fully saturated rings. The van der Waals surface area contributed by atoms with Gasteiger partial charge < -0.3 is 5.32 Å². The van der Waals surface area contributed by atoms with Crippen LogP contribution in [0.15, 0.2) is 36.4 Å². The van der Waals surface area contributed by atoms with Crippen molar-refractivity contribution >= 4 is 15.7 Å². The second kappa shape index (κ2) is 6.32. The maximum Gasteiger partial charge on any atom is 0.264 e. The van der Waals surface area contributed by atoms with Crippen LogP contribution in [0.3, 0.4) is 0 Å². The lowest BCUT2D eigenvalue weighted by molar-refractivity contribution is 0.465. The van der Waals surface area contributed by atoms with Gasteiger partial charge in [-0.15, -0.1) is 0 Å². The molecular formula is C14H19NO3S. The summed E-state index contributed by atoms with van der Waals surface area (Å²) in [6.07, 6.45) is 4.36. The van der Waals surface area contributed by atoms with Crippen molar-refractivity contribution < 1.29 is 13.0 Å². The predicted octanol–water partition coefficient (Wildman–Crippen LogP) is 2.10. The standard InChI is InChI=1S/C14H19NO3S/c16-19(17,18)10-4-7-14-9-8-13(11-15-14)12-5-2-1-3-6-12/h1-3,5-6,8,14-15H,4,7,9-11H2,(H,16,17,18). The van der Waals surface area contributed by atoms with Crippen molar-refractivity contribution in [3.8, 4) is 0 Å². The van der Waals surface area contributed by atoms with Gasteiger partial charge in [0, 0.05) is 12.6 Å². The summed E-state index contributed by atoms with van der Waals surface area (Å²) < 4.78 is 29.9. The van der Waals surface area contributed by atoms with Crippen LogP contribution in [-0.4, -0.2) is 31.3 Å². The molecule has 0 aliphatic carbocycles. The van der Waals surface area contributed by atoms with Crippen LogP contribution < -0.4 is 5.32 Å². The molecule has 5 heteroatoms. The summed E-state index contributed by atoms with van der Waals surface area (Å²) >= 11 is 0. The molecule has 104 valence electrons. The van der Waals surface area contributed by atoms with Gasteiger partial charge in [-0.3, -0.25) is 4.55 Å². The molecule has 2 rings (SSSR count). The minimum Gasteiger partial charge on any atom is -0.310 e.